The van der Waals surface area contributed by atoms with E-state index in [0.29, 0.717) is 23.4 Å². The number of carbonyl (C=O) groups excluding carboxylic acids is 1. The van der Waals surface area contributed by atoms with E-state index in [-0.39, 0.29) is 5.91 Å². The van der Waals surface area contributed by atoms with Crippen molar-refractivity contribution in [1.82, 2.24) is 15.3 Å². The second kappa shape index (κ2) is 8.28. The van der Waals surface area contributed by atoms with Gasteiger partial charge in [0, 0.05) is 23.6 Å². The zero-order chi connectivity index (χ0) is 18.6. The number of oxazole rings is 1. The third-order valence-electron chi connectivity index (χ3n) is 4.36. The van der Waals surface area contributed by atoms with Crippen LogP contribution in [0.3, 0.4) is 0 Å². The van der Waals surface area contributed by atoms with Crippen molar-refractivity contribution in [3.05, 3.63) is 23.2 Å². The average molecular weight is 391 g/mol. The Morgan fingerprint density at radius 1 is 1.31 bits per heavy atom. The maximum atomic E-state index is 12.2. The molecule has 1 fully saturated rings. The molecule has 0 atom stereocenters. The van der Waals surface area contributed by atoms with E-state index in [1.807, 2.05) is 18.3 Å². The van der Waals surface area contributed by atoms with Crippen molar-refractivity contribution in [2.24, 2.45) is 5.92 Å². The smallest absolute Gasteiger partial charge is 0.226 e. The minimum absolute atomic E-state index is 0.0502. The lowest BCUT2D eigenvalue weighted by Gasteiger charge is -2.21. The normalized spacial score (nSPS) is 16.3. The summed E-state index contributed by atoms with van der Waals surface area (Å²) in [5, 5.41) is 7.86. The van der Waals surface area contributed by atoms with E-state index in [9.17, 15) is 4.79 Å². The predicted molar refractivity (Wildman–Crippen MR) is 109 cm³/mol. The van der Waals surface area contributed by atoms with Gasteiger partial charge in [-0.1, -0.05) is 31.0 Å². The second-order valence-electron chi connectivity index (χ2n) is 7.66. The van der Waals surface area contributed by atoms with E-state index in [0.717, 1.165) is 36.2 Å². The first-order chi connectivity index (χ1) is 12.4. The number of nitrogens with zero attached hydrogens (tertiary/aromatic N) is 2. The van der Waals surface area contributed by atoms with Crippen molar-refractivity contribution in [2.45, 2.75) is 38.9 Å². The quantitative estimate of drug-likeness (QED) is 0.741. The lowest BCUT2D eigenvalue weighted by Crippen LogP contribution is -2.36. The summed E-state index contributed by atoms with van der Waals surface area (Å²) in [6.07, 6.45) is 10.0. The number of aromatic nitrogens is 2. The molecule has 26 heavy (non-hydrogen) atoms. The fraction of sp³-hybridized carbons (Fsp3) is 0.500. The van der Waals surface area contributed by atoms with E-state index in [1.165, 1.54) is 11.3 Å². The van der Waals surface area contributed by atoms with Crippen molar-refractivity contribution < 1.29 is 9.21 Å². The van der Waals surface area contributed by atoms with E-state index >= 15 is 0 Å². The van der Waals surface area contributed by atoms with E-state index in [2.05, 4.69) is 40.2 Å². The number of hydrogen-bond acceptors (Lipinski definition) is 6. The van der Waals surface area contributed by atoms with Crippen LogP contribution in [-0.4, -0.2) is 37.0 Å². The summed E-state index contributed by atoms with van der Waals surface area (Å²) in [5.74, 6) is 1.13. The number of rotatable bonds is 6. The molecule has 0 unspecified atom stereocenters. The van der Waals surface area contributed by atoms with Gasteiger partial charge in [-0.15, -0.1) is 0 Å². The molecule has 0 aromatic carbocycles. The first kappa shape index (κ1) is 19.0. The van der Waals surface area contributed by atoms with Crippen molar-refractivity contribution in [3.8, 4) is 0 Å². The summed E-state index contributed by atoms with van der Waals surface area (Å²) in [5.41, 5.74) is 0. The Balaban J connectivity index is 1.54. The minimum atomic E-state index is -1.48. The topological polar surface area (TPSA) is 80.0 Å². The van der Waals surface area contributed by atoms with Gasteiger partial charge in [0.1, 0.15) is 13.5 Å². The number of nitrogens with one attached hydrogen (secondary N) is 2. The zero-order valence-electron chi connectivity index (χ0n) is 15.5. The molecular formula is C18H26N4O2SSi. The van der Waals surface area contributed by atoms with Crippen LogP contribution >= 0.6 is 11.3 Å². The summed E-state index contributed by atoms with van der Waals surface area (Å²) < 4.78 is 5.80. The molecule has 140 valence electrons. The molecule has 0 aliphatic carbocycles. The molecular weight excluding hydrogens is 364 g/mol. The van der Waals surface area contributed by atoms with Crippen LogP contribution in [0, 0.1) is 5.92 Å². The van der Waals surface area contributed by atoms with Gasteiger partial charge >= 0.3 is 0 Å². The fourth-order valence-electron chi connectivity index (χ4n) is 2.80. The summed E-state index contributed by atoms with van der Waals surface area (Å²) >= 11 is 1.45. The standard InChI is InChI=1S/C18H26N4O2SSi/c1-26(2,3)17-12-20-16(24-17)5-4-14-11-21-18(25-14)22-15(23)10-13-6-8-19-9-7-13/h4-5,11-13,19H,6-10H2,1-3H3,(H,21,22,23). The molecule has 3 heterocycles. The molecule has 0 spiro atoms. The maximum Gasteiger partial charge on any atom is 0.226 e. The van der Waals surface area contributed by atoms with Crippen molar-refractivity contribution in [3.63, 3.8) is 0 Å². The molecule has 0 bridgehead atoms. The summed E-state index contributed by atoms with van der Waals surface area (Å²) in [6.45, 7) is 8.68. The summed E-state index contributed by atoms with van der Waals surface area (Å²) in [4.78, 5) is 21.7. The van der Waals surface area contributed by atoms with Crippen LogP contribution in [0.15, 0.2) is 16.8 Å². The van der Waals surface area contributed by atoms with Gasteiger partial charge in [-0.05, 0) is 37.9 Å². The predicted octanol–water partition coefficient (Wildman–Crippen LogP) is 3.17. The van der Waals surface area contributed by atoms with Gasteiger partial charge in [0.05, 0.1) is 6.20 Å². The Hall–Kier alpha value is -1.77. The molecule has 1 saturated heterocycles. The summed E-state index contributed by atoms with van der Waals surface area (Å²) in [6, 6.07) is 0. The zero-order valence-corrected chi connectivity index (χ0v) is 17.4. The van der Waals surface area contributed by atoms with Crippen LogP contribution in [0.4, 0.5) is 5.13 Å². The van der Waals surface area contributed by atoms with Crippen molar-refractivity contribution in [1.29, 1.82) is 0 Å². The Morgan fingerprint density at radius 2 is 2.08 bits per heavy atom. The molecule has 2 aromatic heterocycles. The highest BCUT2D eigenvalue weighted by molar-refractivity contribution is 7.16. The van der Waals surface area contributed by atoms with Crippen molar-refractivity contribution >= 4 is 48.0 Å². The maximum absolute atomic E-state index is 12.2. The Labute approximate surface area is 159 Å². The third-order valence-corrected chi connectivity index (χ3v) is 6.94. The van der Waals surface area contributed by atoms with Crippen LogP contribution in [0.25, 0.3) is 12.2 Å². The van der Waals surface area contributed by atoms with E-state index < -0.39 is 8.07 Å². The molecule has 1 amide bonds. The number of piperidine rings is 1. The lowest BCUT2D eigenvalue weighted by atomic mass is 9.94. The van der Waals surface area contributed by atoms with Gasteiger partial charge in [-0.2, -0.15) is 0 Å². The molecule has 2 N–H and O–H groups in total. The van der Waals surface area contributed by atoms with Crippen LogP contribution in [0.2, 0.25) is 19.6 Å². The van der Waals surface area contributed by atoms with Gasteiger partial charge in [0.15, 0.2) is 5.13 Å². The Bertz CT molecular complexity index is 772. The minimum Gasteiger partial charge on any atom is -0.447 e. The lowest BCUT2D eigenvalue weighted by molar-refractivity contribution is -0.117. The highest BCUT2D eigenvalue weighted by atomic mass is 32.1. The van der Waals surface area contributed by atoms with Crippen LogP contribution in [-0.2, 0) is 4.79 Å². The van der Waals surface area contributed by atoms with Crippen LogP contribution in [0.5, 0.6) is 0 Å². The van der Waals surface area contributed by atoms with E-state index in [1.54, 1.807) is 6.20 Å². The molecule has 1 aliphatic rings. The van der Waals surface area contributed by atoms with Gasteiger partial charge in [0.2, 0.25) is 11.8 Å². The van der Waals surface area contributed by atoms with Gasteiger partial charge in [-0.25, -0.2) is 9.97 Å². The highest BCUT2D eigenvalue weighted by Gasteiger charge is 2.21. The van der Waals surface area contributed by atoms with E-state index in [4.69, 9.17) is 4.42 Å². The SMILES string of the molecule is C[Si](C)(C)c1cnc(C=Cc2cnc(NC(=O)CC3CCNCC3)s2)o1. The molecule has 0 saturated carbocycles. The molecule has 3 rings (SSSR count). The number of anilines is 1. The fourth-order valence-corrected chi connectivity index (χ4v) is 4.40. The number of carbonyl (C=O) groups is 1. The number of amides is 1. The van der Waals surface area contributed by atoms with Gasteiger partial charge in [0.25, 0.3) is 0 Å². The Morgan fingerprint density at radius 3 is 2.77 bits per heavy atom. The van der Waals surface area contributed by atoms with Gasteiger partial charge in [-0.3, -0.25) is 4.79 Å². The van der Waals surface area contributed by atoms with Crippen LogP contribution < -0.4 is 16.0 Å². The van der Waals surface area contributed by atoms with Gasteiger partial charge < -0.3 is 15.1 Å². The summed E-state index contributed by atoms with van der Waals surface area (Å²) in [7, 11) is -1.48. The molecule has 2 aromatic rings. The van der Waals surface area contributed by atoms with Crippen molar-refractivity contribution in [2.75, 3.05) is 18.4 Å². The monoisotopic (exact) mass is 390 g/mol. The molecule has 0 radical (unpaired) electrons. The molecule has 8 heteroatoms. The molecule has 1 aliphatic heterocycles. The number of thiazole rings is 1. The average Bonchev–Trinajstić information content (AvgIpc) is 3.22. The number of hydrogen-bond donors (Lipinski definition) is 2. The molecule has 6 nitrogen and oxygen atoms in total. The largest absolute Gasteiger partial charge is 0.447 e. The first-order valence-electron chi connectivity index (χ1n) is 9.01. The first-order valence-corrected chi connectivity index (χ1v) is 13.3. The third kappa shape index (κ3) is 5.36. The van der Waals surface area contributed by atoms with Crippen LogP contribution in [0.1, 0.15) is 30.0 Å². The highest BCUT2D eigenvalue weighted by Crippen LogP contribution is 2.22. The Kier molecular flexibility index (Phi) is 6.05. The second-order valence-corrected chi connectivity index (χ2v) is 13.7.